The van der Waals surface area contributed by atoms with Crippen molar-refractivity contribution in [2.24, 2.45) is 0 Å². The second-order valence-electron chi connectivity index (χ2n) is 6.24. The zero-order chi connectivity index (χ0) is 14.6. The van der Waals surface area contributed by atoms with Gasteiger partial charge in [0.15, 0.2) is 5.13 Å². The molecule has 0 fully saturated rings. The summed E-state index contributed by atoms with van der Waals surface area (Å²) in [7, 11) is 0. The molecule has 1 N–H and O–H groups in total. The molecule has 0 spiro atoms. The number of nitrogens with zero attached hydrogens (tertiary/aromatic N) is 2. The van der Waals surface area contributed by atoms with Crippen molar-refractivity contribution in [2.45, 2.75) is 66.5 Å². The first kappa shape index (κ1) is 16.4. The van der Waals surface area contributed by atoms with Crippen LogP contribution in [-0.2, 0) is 6.54 Å². The lowest BCUT2D eigenvalue weighted by atomic mass is 10.1. The number of hydrogen-bond donors (Lipinski definition) is 1. The fraction of sp³-hybridized carbons (Fsp3) is 0.800. The lowest BCUT2D eigenvalue weighted by molar-refractivity contribution is 0.425. The van der Waals surface area contributed by atoms with Crippen molar-refractivity contribution in [3.8, 4) is 0 Å². The van der Waals surface area contributed by atoms with Gasteiger partial charge in [-0.05, 0) is 40.5 Å². The molecule has 0 saturated heterocycles. The van der Waals surface area contributed by atoms with E-state index >= 15 is 0 Å². The third kappa shape index (κ3) is 4.77. The van der Waals surface area contributed by atoms with Gasteiger partial charge in [0.05, 0.1) is 5.69 Å². The Labute approximate surface area is 122 Å². The summed E-state index contributed by atoms with van der Waals surface area (Å²) in [5.74, 6) is 0.484. The lowest BCUT2D eigenvalue weighted by Crippen LogP contribution is -2.35. The molecule has 0 amide bonds. The molecule has 0 atom stereocenters. The third-order valence-electron chi connectivity index (χ3n) is 3.08. The van der Waals surface area contributed by atoms with Gasteiger partial charge in [0.1, 0.15) is 0 Å². The molecule has 3 nitrogen and oxygen atoms in total. The van der Waals surface area contributed by atoms with Gasteiger partial charge < -0.3 is 10.2 Å². The van der Waals surface area contributed by atoms with Crippen LogP contribution in [0.15, 0.2) is 0 Å². The van der Waals surface area contributed by atoms with E-state index in [9.17, 15) is 0 Å². The van der Waals surface area contributed by atoms with Crippen LogP contribution in [-0.4, -0.2) is 23.6 Å². The second kappa shape index (κ2) is 6.71. The highest BCUT2D eigenvalue weighted by Crippen LogP contribution is 2.31. The van der Waals surface area contributed by atoms with E-state index in [1.807, 2.05) is 11.3 Å². The average Bonchev–Trinajstić information content (AvgIpc) is 2.71. The molecule has 0 bridgehead atoms. The highest BCUT2D eigenvalue weighted by atomic mass is 32.1. The predicted octanol–water partition coefficient (Wildman–Crippen LogP) is 4.00. The van der Waals surface area contributed by atoms with Crippen LogP contribution in [0.2, 0.25) is 0 Å². The minimum Gasteiger partial charge on any atom is -0.349 e. The summed E-state index contributed by atoms with van der Waals surface area (Å²) in [5, 5.41) is 4.74. The normalized spacial score (nSPS) is 12.2. The van der Waals surface area contributed by atoms with E-state index in [-0.39, 0.29) is 5.54 Å². The van der Waals surface area contributed by atoms with Crippen LogP contribution in [0.5, 0.6) is 0 Å². The highest BCUT2D eigenvalue weighted by Gasteiger charge is 2.18. The summed E-state index contributed by atoms with van der Waals surface area (Å²) >= 11 is 1.84. The smallest absolute Gasteiger partial charge is 0.185 e. The first-order valence-electron chi connectivity index (χ1n) is 7.28. The largest absolute Gasteiger partial charge is 0.349 e. The molecule has 1 aromatic heterocycles. The highest BCUT2D eigenvalue weighted by molar-refractivity contribution is 7.15. The fourth-order valence-electron chi connectivity index (χ4n) is 1.90. The Bertz CT molecular complexity index is 387. The van der Waals surface area contributed by atoms with Gasteiger partial charge in [-0.25, -0.2) is 4.98 Å². The maximum atomic E-state index is 4.86. The minimum absolute atomic E-state index is 0.146. The van der Waals surface area contributed by atoms with E-state index < -0.39 is 0 Å². The number of thiazole rings is 1. The molecule has 0 aliphatic rings. The van der Waals surface area contributed by atoms with Crippen LogP contribution in [0.25, 0.3) is 0 Å². The number of rotatable bonds is 6. The monoisotopic (exact) mass is 283 g/mol. The molecule has 0 radical (unpaired) electrons. The molecule has 1 aromatic rings. The maximum Gasteiger partial charge on any atom is 0.185 e. The van der Waals surface area contributed by atoms with Crippen LogP contribution >= 0.6 is 11.3 Å². The molecule has 0 aliphatic carbocycles. The van der Waals surface area contributed by atoms with Crippen molar-refractivity contribution in [1.82, 2.24) is 10.3 Å². The summed E-state index contributed by atoms with van der Waals surface area (Å²) in [6.07, 6.45) is 0. The Hall–Kier alpha value is -0.610. The van der Waals surface area contributed by atoms with Gasteiger partial charge in [0.25, 0.3) is 0 Å². The quantitative estimate of drug-likeness (QED) is 0.855. The van der Waals surface area contributed by atoms with Crippen LogP contribution in [0.3, 0.4) is 0 Å². The van der Waals surface area contributed by atoms with Crippen molar-refractivity contribution in [1.29, 1.82) is 0 Å². The van der Waals surface area contributed by atoms with Crippen molar-refractivity contribution in [3.05, 3.63) is 10.6 Å². The summed E-state index contributed by atoms with van der Waals surface area (Å²) in [4.78, 5) is 8.57. The topological polar surface area (TPSA) is 28.2 Å². The van der Waals surface area contributed by atoms with Crippen molar-refractivity contribution >= 4 is 16.5 Å². The van der Waals surface area contributed by atoms with Crippen LogP contribution < -0.4 is 10.2 Å². The molecule has 19 heavy (non-hydrogen) atoms. The molecular weight excluding hydrogens is 254 g/mol. The zero-order valence-electron chi connectivity index (χ0n) is 13.5. The van der Waals surface area contributed by atoms with E-state index in [1.54, 1.807) is 0 Å². The number of nitrogens with one attached hydrogen (secondary N) is 1. The van der Waals surface area contributed by atoms with Gasteiger partial charge in [0.2, 0.25) is 0 Å². The first-order chi connectivity index (χ1) is 8.78. The summed E-state index contributed by atoms with van der Waals surface area (Å²) in [6, 6.07) is 0. The molecule has 4 heteroatoms. The van der Waals surface area contributed by atoms with Gasteiger partial charge in [-0.3, -0.25) is 0 Å². The maximum absolute atomic E-state index is 4.86. The number of anilines is 1. The molecule has 1 rings (SSSR count). The summed E-state index contributed by atoms with van der Waals surface area (Å²) in [6.45, 7) is 18.4. The lowest BCUT2D eigenvalue weighted by Gasteiger charge is -2.20. The predicted molar refractivity (Wildman–Crippen MR) is 86.4 cm³/mol. The van der Waals surface area contributed by atoms with Gasteiger partial charge in [-0.2, -0.15) is 0 Å². The molecular formula is C15H29N3S. The second-order valence-corrected chi connectivity index (χ2v) is 7.30. The van der Waals surface area contributed by atoms with E-state index in [0.29, 0.717) is 5.92 Å². The van der Waals surface area contributed by atoms with E-state index in [2.05, 4.69) is 58.7 Å². The molecule has 0 aromatic carbocycles. The van der Waals surface area contributed by atoms with Crippen LogP contribution in [0.1, 0.15) is 65.0 Å². The zero-order valence-corrected chi connectivity index (χ0v) is 14.3. The number of hydrogen-bond acceptors (Lipinski definition) is 4. The van der Waals surface area contributed by atoms with E-state index in [0.717, 1.165) is 19.6 Å². The fourth-order valence-corrected chi connectivity index (χ4v) is 3.19. The van der Waals surface area contributed by atoms with Crippen LogP contribution in [0, 0.1) is 0 Å². The molecule has 0 aliphatic heterocycles. The van der Waals surface area contributed by atoms with Gasteiger partial charge in [0, 0.05) is 30.1 Å². The Morgan fingerprint density at radius 1 is 1.21 bits per heavy atom. The van der Waals surface area contributed by atoms with Gasteiger partial charge in [-0.15, -0.1) is 11.3 Å². The molecule has 110 valence electrons. The standard InChI is InChI=1S/C15H29N3S/c1-8-18(9-2)14-17-13(11(3)4)12(19-14)10-16-15(5,6)7/h11,16H,8-10H2,1-7H3. The average molecular weight is 283 g/mol. The van der Waals surface area contributed by atoms with Crippen LogP contribution in [0.4, 0.5) is 5.13 Å². The number of aromatic nitrogens is 1. The minimum atomic E-state index is 0.146. The van der Waals surface area contributed by atoms with Crippen molar-refractivity contribution in [2.75, 3.05) is 18.0 Å². The molecule has 0 unspecified atom stereocenters. The SMILES string of the molecule is CCN(CC)c1nc(C(C)C)c(CNC(C)(C)C)s1. The Balaban J connectivity index is 2.95. The van der Waals surface area contributed by atoms with Gasteiger partial charge in [-0.1, -0.05) is 13.8 Å². The third-order valence-corrected chi connectivity index (χ3v) is 4.21. The van der Waals surface area contributed by atoms with E-state index in [1.165, 1.54) is 15.7 Å². The van der Waals surface area contributed by atoms with E-state index in [4.69, 9.17) is 4.98 Å². The summed E-state index contributed by atoms with van der Waals surface area (Å²) < 4.78 is 0. The van der Waals surface area contributed by atoms with Gasteiger partial charge >= 0.3 is 0 Å². The first-order valence-corrected chi connectivity index (χ1v) is 8.09. The Morgan fingerprint density at radius 2 is 1.79 bits per heavy atom. The summed E-state index contributed by atoms with van der Waals surface area (Å²) in [5.41, 5.74) is 1.40. The van der Waals surface area contributed by atoms with Crippen molar-refractivity contribution in [3.63, 3.8) is 0 Å². The molecule has 1 heterocycles. The Morgan fingerprint density at radius 3 is 2.21 bits per heavy atom. The van der Waals surface area contributed by atoms with Crippen molar-refractivity contribution < 1.29 is 0 Å². The Kier molecular flexibility index (Phi) is 5.81. The molecule has 0 saturated carbocycles.